The average Bonchev–Trinajstić information content (AvgIpc) is 3.10. The van der Waals surface area contributed by atoms with Crippen LogP contribution in [0.25, 0.3) is 0 Å². The summed E-state index contributed by atoms with van der Waals surface area (Å²) in [6.45, 7) is 0. The van der Waals surface area contributed by atoms with Crippen molar-refractivity contribution in [2.75, 3.05) is 10.2 Å². The first kappa shape index (κ1) is 20.2. The summed E-state index contributed by atoms with van der Waals surface area (Å²) >= 11 is 0. The first-order valence-electron chi connectivity index (χ1n) is 10.3. The molecule has 1 heterocycles. The Labute approximate surface area is 190 Å². The lowest BCUT2D eigenvalue weighted by molar-refractivity contribution is 0.0924. The summed E-state index contributed by atoms with van der Waals surface area (Å²) in [5, 5.41) is 2.77. The van der Waals surface area contributed by atoms with E-state index in [0.717, 1.165) is 4.90 Å². The van der Waals surface area contributed by atoms with Gasteiger partial charge in [0.2, 0.25) is 0 Å². The zero-order valence-corrected chi connectivity index (χ0v) is 17.4. The Morgan fingerprint density at radius 3 is 2.09 bits per heavy atom. The number of carbonyl (C=O) groups excluding carboxylic acids is 3. The lowest BCUT2D eigenvalue weighted by Crippen LogP contribution is -2.29. The van der Waals surface area contributed by atoms with Gasteiger partial charge in [0.05, 0.1) is 16.8 Å². The fraction of sp³-hybridized carbons (Fsp3) is 0. The van der Waals surface area contributed by atoms with Gasteiger partial charge in [0, 0.05) is 17.3 Å². The summed E-state index contributed by atoms with van der Waals surface area (Å²) in [7, 11) is 0. The number of rotatable bonds is 5. The van der Waals surface area contributed by atoms with Crippen molar-refractivity contribution in [3.05, 3.63) is 120 Å². The van der Waals surface area contributed by atoms with Gasteiger partial charge in [-0.25, -0.2) is 4.90 Å². The Bertz CT molecular complexity index is 1370. The Morgan fingerprint density at radius 1 is 0.667 bits per heavy atom. The van der Waals surface area contributed by atoms with E-state index in [1.807, 2.05) is 36.4 Å². The van der Waals surface area contributed by atoms with E-state index < -0.39 is 11.8 Å². The van der Waals surface area contributed by atoms with Crippen LogP contribution in [0.4, 0.5) is 11.4 Å². The highest BCUT2D eigenvalue weighted by Crippen LogP contribution is 2.33. The van der Waals surface area contributed by atoms with Gasteiger partial charge < -0.3 is 10.1 Å². The number of para-hydroxylation sites is 1. The maximum Gasteiger partial charge on any atom is 0.266 e. The fourth-order valence-electron chi connectivity index (χ4n) is 3.66. The molecule has 0 spiro atoms. The van der Waals surface area contributed by atoms with Gasteiger partial charge >= 0.3 is 0 Å². The smallest absolute Gasteiger partial charge is 0.266 e. The van der Waals surface area contributed by atoms with Gasteiger partial charge in [0.15, 0.2) is 0 Å². The summed E-state index contributed by atoms with van der Waals surface area (Å²) in [5.74, 6) is -0.0210. The molecule has 6 nitrogen and oxygen atoms in total. The SMILES string of the molecule is O=C(Nc1ccc2c(c1)C(=O)N(c1cccc(Oc3ccccc3)c1)C2=O)c1ccccc1. The summed E-state index contributed by atoms with van der Waals surface area (Å²) in [5.41, 5.74) is 1.86. The van der Waals surface area contributed by atoms with Crippen molar-refractivity contribution in [3.63, 3.8) is 0 Å². The maximum absolute atomic E-state index is 13.1. The standard InChI is InChI=1S/C27H18N2O4/c30-25(18-8-3-1-4-9-18)28-19-14-15-23-24(16-19)27(32)29(26(23)31)20-10-7-13-22(17-20)33-21-11-5-2-6-12-21/h1-17H,(H,28,30). The number of amides is 3. The summed E-state index contributed by atoms with van der Waals surface area (Å²) in [6, 6.07) is 29.5. The Kier molecular flexibility index (Phi) is 5.16. The second-order valence-electron chi connectivity index (χ2n) is 7.44. The molecule has 3 amide bonds. The first-order chi connectivity index (χ1) is 16.1. The van der Waals surface area contributed by atoms with Crippen molar-refractivity contribution in [2.24, 2.45) is 0 Å². The van der Waals surface area contributed by atoms with Gasteiger partial charge in [-0.15, -0.1) is 0 Å². The van der Waals surface area contributed by atoms with Crippen LogP contribution < -0.4 is 15.0 Å². The van der Waals surface area contributed by atoms with Crippen LogP contribution in [0, 0.1) is 0 Å². The van der Waals surface area contributed by atoms with Crippen LogP contribution in [0.1, 0.15) is 31.1 Å². The van der Waals surface area contributed by atoms with Gasteiger partial charge in [-0.05, 0) is 54.6 Å². The number of fused-ring (bicyclic) bond motifs is 1. The van der Waals surface area contributed by atoms with Crippen LogP contribution in [0.3, 0.4) is 0 Å². The van der Waals surface area contributed by atoms with Gasteiger partial charge in [0.25, 0.3) is 17.7 Å². The molecule has 6 heteroatoms. The predicted octanol–water partition coefficient (Wildman–Crippen LogP) is 5.53. The molecule has 0 radical (unpaired) electrons. The Morgan fingerprint density at radius 2 is 1.33 bits per heavy atom. The van der Waals surface area contributed by atoms with Crippen LogP contribution in [0.2, 0.25) is 0 Å². The minimum Gasteiger partial charge on any atom is -0.457 e. The molecule has 0 saturated carbocycles. The molecule has 160 valence electrons. The summed E-state index contributed by atoms with van der Waals surface area (Å²) in [6.07, 6.45) is 0. The third-order valence-corrected chi connectivity index (χ3v) is 5.24. The van der Waals surface area contributed by atoms with Crippen LogP contribution in [0.5, 0.6) is 11.5 Å². The van der Waals surface area contributed by atoms with Crippen LogP contribution in [-0.2, 0) is 0 Å². The highest BCUT2D eigenvalue weighted by atomic mass is 16.5. The molecular weight excluding hydrogens is 416 g/mol. The minimum atomic E-state index is -0.456. The second kappa shape index (κ2) is 8.43. The van der Waals surface area contributed by atoms with E-state index >= 15 is 0 Å². The molecule has 5 rings (SSSR count). The molecule has 0 aliphatic carbocycles. The summed E-state index contributed by atoms with van der Waals surface area (Å²) in [4.78, 5) is 39.7. The fourth-order valence-corrected chi connectivity index (χ4v) is 3.66. The van der Waals surface area contributed by atoms with Crippen molar-refractivity contribution in [2.45, 2.75) is 0 Å². The van der Waals surface area contributed by atoms with Crippen molar-refractivity contribution in [1.29, 1.82) is 0 Å². The zero-order chi connectivity index (χ0) is 22.8. The van der Waals surface area contributed by atoms with E-state index in [0.29, 0.717) is 28.4 Å². The molecule has 0 unspecified atom stereocenters. The van der Waals surface area contributed by atoms with Crippen LogP contribution in [-0.4, -0.2) is 17.7 Å². The van der Waals surface area contributed by atoms with Crippen molar-refractivity contribution < 1.29 is 19.1 Å². The molecule has 1 aliphatic rings. The molecule has 4 aromatic rings. The monoisotopic (exact) mass is 434 g/mol. The normalized spacial score (nSPS) is 12.4. The van der Waals surface area contributed by atoms with E-state index in [1.165, 1.54) is 6.07 Å². The number of imide groups is 1. The van der Waals surface area contributed by atoms with E-state index in [4.69, 9.17) is 4.74 Å². The zero-order valence-electron chi connectivity index (χ0n) is 17.4. The van der Waals surface area contributed by atoms with E-state index in [2.05, 4.69) is 5.32 Å². The Balaban J connectivity index is 1.39. The molecule has 0 bridgehead atoms. The highest BCUT2D eigenvalue weighted by molar-refractivity contribution is 6.34. The topological polar surface area (TPSA) is 75.7 Å². The summed E-state index contributed by atoms with van der Waals surface area (Å²) < 4.78 is 5.83. The van der Waals surface area contributed by atoms with Gasteiger partial charge in [0.1, 0.15) is 11.5 Å². The van der Waals surface area contributed by atoms with Gasteiger partial charge in [-0.3, -0.25) is 14.4 Å². The number of carbonyl (C=O) groups is 3. The number of ether oxygens (including phenoxy) is 1. The minimum absolute atomic E-state index is 0.236. The molecule has 33 heavy (non-hydrogen) atoms. The maximum atomic E-state index is 13.1. The largest absolute Gasteiger partial charge is 0.457 e. The molecule has 0 aromatic heterocycles. The van der Waals surface area contributed by atoms with E-state index in [1.54, 1.807) is 60.7 Å². The van der Waals surface area contributed by atoms with Crippen LogP contribution >= 0.6 is 0 Å². The van der Waals surface area contributed by atoms with Gasteiger partial charge in [-0.1, -0.05) is 42.5 Å². The number of nitrogens with zero attached hydrogens (tertiary/aromatic N) is 1. The average molecular weight is 434 g/mol. The highest BCUT2D eigenvalue weighted by Gasteiger charge is 2.37. The molecule has 0 fully saturated rings. The predicted molar refractivity (Wildman–Crippen MR) is 125 cm³/mol. The van der Waals surface area contributed by atoms with E-state index in [-0.39, 0.29) is 17.0 Å². The number of anilines is 2. The number of hydrogen-bond donors (Lipinski definition) is 1. The first-order valence-corrected chi connectivity index (χ1v) is 10.3. The third kappa shape index (κ3) is 3.97. The number of hydrogen-bond acceptors (Lipinski definition) is 4. The molecule has 4 aromatic carbocycles. The lowest BCUT2D eigenvalue weighted by atomic mass is 10.1. The van der Waals surface area contributed by atoms with Crippen molar-refractivity contribution in [1.82, 2.24) is 0 Å². The van der Waals surface area contributed by atoms with E-state index in [9.17, 15) is 14.4 Å². The molecular formula is C27H18N2O4. The lowest BCUT2D eigenvalue weighted by Gasteiger charge is -2.15. The number of nitrogens with one attached hydrogen (secondary N) is 1. The number of benzene rings is 4. The second-order valence-corrected chi connectivity index (χ2v) is 7.44. The molecule has 1 N–H and O–H groups in total. The van der Waals surface area contributed by atoms with Crippen LogP contribution in [0.15, 0.2) is 103 Å². The quantitative estimate of drug-likeness (QED) is 0.419. The molecule has 0 saturated heterocycles. The Hall–Kier alpha value is -4.71. The molecule has 0 atom stereocenters. The van der Waals surface area contributed by atoms with Crippen molar-refractivity contribution >= 4 is 29.1 Å². The third-order valence-electron chi connectivity index (χ3n) is 5.24. The molecule has 1 aliphatic heterocycles. The van der Waals surface area contributed by atoms with Crippen molar-refractivity contribution in [3.8, 4) is 11.5 Å². The van der Waals surface area contributed by atoms with Gasteiger partial charge in [-0.2, -0.15) is 0 Å².